The second-order valence-corrected chi connectivity index (χ2v) is 6.98. The summed E-state index contributed by atoms with van der Waals surface area (Å²) >= 11 is 0. The van der Waals surface area contributed by atoms with Crippen LogP contribution in [0.4, 0.5) is 5.82 Å². The lowest BCUT2D eigenvalue weighted by Crippen LogP contribution is -2.52. The van der Waals surface area contributed by atoms with Gasteiger partial charge < -0.3 is 14.5 Å². The first-order chi connectivity index (χ1) is 12.5. The van der Waals surface area contributed by atoms with Gasteiger partial charge in [0.1, 0.15) is 11.6 Å². The van der Waals surface area contributed by atoms with E-state index in [4.69, 9.17) is 4.74 Å². The Morgan fingerprint density at radius 2 is 1.69 bits per heavy atom. The molecule has 1 atom stereocenters. The Bertz CT molecular complexity index is 708. The van der Waals surface area contributed by atoms with Gasteiger partial charge in [-0.05, 0) is 42.7 Å². The number of pyridine rings is 1. The number of carbonyl (C=O) groups is 1. The number of aromatic nitrogens is 1. The standard InChI is InChI=1S/C21H27N3O2/c1-16(2)18-7-9-19(10-8-18)26-17(3)21(25)24-14-12-23(13-15-24)20-6-4-5-11-22-20/h4-11,16-17H,12-15H2,1-3H3/t17-/m1/s1. The molecule has 0 saturated carbocycles. The van der Waals surface area contributed by atoms with Gasteiger partial charge in [0.05, 0.1) is 0 Å². The summed E-state index contributed by atoms with van der Waals surface area (Å²) in [6, 6.07) is 13.9. The number of hydrogen-bond acceptors (Lipinski definition) is 4. The molecule has 1 aliphatic rings. The molecule has 5 heteroatoms. The Labute approximate surface area is 155 Å². The molecule has 2 aromatic rings. The summed E-state index contributed by atoms with van der Waals surface area (Å²) in [4.78, 5) is 21.2. The van der Waals surface area contributed by atoms with Gasteiger partial charge in [0.25, 0.3) is 5.91 Å². The molecule has 1 aromatic carbocycles. The van der Waals surface area contributed by atoms with Crippen LogP contribution >= 0.6 is 0 Å². The van der Waals surface area contributed by atoms with Gasteiger partial charge in [-0.3, -0.25) is 4.79 Å². The van der Waals surface area contributed by atoms with Gasteiger partial charge in [-0.2, -0.15) is 0 Å². The molecule has 3 rings (SSSR count). The summed E-state index contributed by atoms with van der Waals surface area (Å²) in [5, 5.41) is 0. The first kappa shape index (κ1) is 18.2. The zero-order valence-electron chi connectivity index (χ0n) is 15.8. The van der Waals surface area contributed by atoms with Crippen LogP contribution < -0.4 is 9.64 Å². The highest BCUT2D eigenvalue weighted by molar-refractivity contribution is 5.81. The topological polar surface area (TPSA) is 45.7 Å². The van der Waals surface area contributed by atoms with Crippen LogP contribution in [0.2, 0.25) is 0 Å². The number of amides is 1. The van der Waals surface area contributed by atoms with Crippen LogP contribution in [-0.2, 0) is 4.79 Å². The van der Waals surface area contributed by atoms with Crippen molar-refractivity contribution in [3.05, 3.63) is 54.2 Å². The lowest BCUT2D eigenvalue weighted by molar-refractivity contribution is -0.138. The molecule has 138 valence electrons. The van der Waals surface area contributed by atoms with E-state index in [1.54, 1.807) is 6.20 Å². The van der Waals surface area contributed by atoms with Gasteiger partial charge in [-0.1, -0.05) is 32.0 Å². The highest BCUT2D eigenvalue weighted by Crippen LogP contribution is 2.20. The van der Waals surface area contributed by atoms with E-state index in [0.717, 1.165) is 24.7 Å². The Balaban J connectivity index is 1.53. The number of rotatable bonds is 5. The molecular weight excluding hydrogens is 326 g/mol. The lowest BCUT2D eigenvalue weighted by Gasteiger charge is -2.36. The third-order valence-electron chi connectivity index (χ3n) is 4.77. The number of nitrogens with zero attached hydrogens (tertiary/aromatic N) is 3. The van der Waals surface area contributed by atoms with Crippen LogP contribution in [0.25, 0.3) is 0 Å². The van der Waals surface area contributed by atoms with Crippen LogP contribution in [0.15, 0.2) is 48.7 Å². The molecule has 1 saturated heterocycles. The Hall–Kier alpha value is -2.56. The molecule has 26 heavy (non-hydrogen) atoms. The van der Waals surface area contributed by atoms with E-state index in [9.17, 15) is 4.79 Å². The molecule has 5 nitrogen and oxygen atoms in total. The van der Waals surface area contributed by atoms with E-state index in [-0.39, 0.29) is 5.91 Å². The van der Waals surface area contributed by atoms with Crippen molar-refractivity contribution < 1.29 is 9.53 Å². The third kappa shape index (κ3) is 4.34. The molecule has 0 radical (unpaired) electrons. The van der Waals surface area contributed by atoms with Crippen molar-refractivity contribution in [2.24, 2.45) is 0 Å². The van der Waals surface area contributed by atoms with E-state index < -0.39 is 6.10 Å². The average Bonchev–Trinajstić information content (AvgIpc) is 2.68. The third-order valence-corrected chi connectivity index (χ3v) is 4.77. The summed E-state index contributed by atoms with van der Waals surface area (Å²) in [6.07, 6.45) is 1.31. The molecule has 1 fully saturated rings. The van der Waals surface area contributed by atoms with Crippen molar-refractivity contribution in [2.75, 3.05) is 31.1 Å². The maximum Gasteiger partial charge on any atom is 0.263 e. The summed E-state index contributed by atoms with van der Waals surface area (Å²) in [5.41, 5.74) is 1.27. The van der Waals surface area contributed by atoms with Gasteiger partial charge in [0.2, 0.25) is 0 Å². The number of hydrogen-bond donors (Lipinski definition) is 0. The smallest absolute Gasteiger partial charge is 0.263 e. The zero-order valence-corrected chi connectivity index (χ0v) is 15.8. The van der Waals surface area contributed by atoms with Gasteiger partial charge in [-0.25, -0.2) is 4.98 Å². The minimum Gasteiger partial charge on any atom is -0.481 e. The number of piperazine rings is 1. The van der Waals surface area contributed by atoms with E-state index in [1.165, 1.54) is 5.56 Å². The second kappa shape index (κ2) is 8.21. The van der Waals surface area contributed by atoms with Crippen molar-refractivity contribution in [1.82, 2.24) is 9.88 Å². The monoisotopic (exact) mass is 353 g/mol. The SMILES string of the molecule is CC(C)c1ccc(O[C@H](C)C(=O)N2CCN(c3ccccn3)CC2)cc1. The fraction of sp³-hybridized carbons (Fsp3) is 0.429. The van der Waals surface area contributed by atoms with Gasteiger partial charge >= 0.3 is 0 Å². The molecule has 0 spiro atoms. The number of carbonyl (C=O) groups excluding carboxylic acids is 1. The molecule has 0 aliphatic carbocycles. The molecule has 0 unspecified atom stereocenters. The van der Waals surface area contributed by atoms with Gasteiger partial charge in [-0.15, -0.1) is 0 Å². The van der Waals surface area contributed by atoms with Crippen molar-refractivity contribution in [2.45, 2.75) is 32.8 Å². The van der Waals surface area contributed by atoms with E-state index >= 15 is 0 Å². The van der Waals surface area contributed by atoms with Gasteiger partial charge in [0, 0.05) is 32.4 Å². The lowest BCUT2D eigenvalue weighted by atomic mass is 10.0. The predicted molar refractivity (Wildman–Crippen MR) is 104 cm³/mol. The Morgan fingerprint density at radius 3 is 2.27 bits per heavy atom. The molecular formula is C21H27N3O2. The highest BCUT2D eigenvalue weighted by atomic mass is 16.5. The minimum absolute atomic E-state index is 0.0404. The van der Waals surface area contributed by atoms with Crippen LogP contribution in [-0.4, -0.2) is 48.1 Å². The molecule has 0 bridgehead atoms. The van der Waals surface area contributed by atoms with E-state index in [1.807, 2.05) is 42.2 Å². The van der Waals surface area contributed by atoms with E-state index in [2.05, 4.69) is 35.9 Å². The Morgan fingerprint density at radius 1 is 1.00 bits per heavy atom. The quantitative estimate of drug-likeness (QED) is 0.827. The maximum absolute atomic E-state index is 12.7. The van der Waals surface area contributed by atoms with Crippen LogP contribution in [0.3, 0.4) is 0 Å². The molecule has 1 aromatic heterocycles. The fourth-order valence-electron chi connectivity index (χ4n) is 3.14. The minimum atomic E-state index is -0.485. The van der Waals surface area contributed by atoms with Crippen molar-refractivity contribution in [1.29, 1.82) is 0 Å². The maximum atomic E-state index is 12.7. The van der Waals surface area contributed by atoms with Crippen molar-refractivity contribution >= 4 is 11.7 Å². The predicted octanol–water partition coefficient (Wildman–Crippen LogP) is 3.32. The van der Waals surface area contributed by atoms with Crippen LogP contribution in [0.1, 0.15) is 32.3 Å². The zero-order chi connectivity index (χ0) is 18.5. The van der Waals surface area contributed by atoms with Crippen molar-refractivity contribution in [3.8, 4) is 5.75 Å². The van der Waals surface area contributed by atoms with Gasteiger partial charge in [0.15, 0.2) is 6.10 Å². The summed E-state index contributed by atoms with van der Waals surface area (Å²) in [7, 11) is 0. The number of ether oxygens (including phenoxy) is 1. The summed E-state index contributed by atoms with van der Waals surface area (Å²) in [5.74, 6) is 2.23. The fourth-order valence-corrected chi connectivity index (χ4v) is 3.14. The Kier molecular flexibility index (Phi) is 5.76. The van der Waals surface area contributed by atoms with Crippen LogP contribution in [0, 0.1) is 0 Å². The first-order valence-corrected chi connectivity index (χ1v) is 9.26. The highest BCUT2D eigenvalue weighted by Gasteiger charge is 2.26. The molecule has 0 N–H and O–H groups in total. The number of benzene rings is 1. The molecule has 1 aliphatic heterocycles. The first-order valence-electron chi connectivity index (χ1n) is 9.26. The normalized spacial score (nSPS) is 15.8. The van der Waals surface area contributed by atoms with Crippen molar-refractivity contribution in [3.63, 3.8) is 0 Å². The van der Waals surface area contributed by atoms with Crippen LogP contribution in [0.5, 0.6) is 5.75 Å². The summed E-state index contributed by atoms with van der Waals surface area (Å²) in [6.45, 7) is 9.10. The van der Waals surface area contributed by atoms with E-state index in [0.29, 0.717) is 19.0 Å². The average molecular weight is 353 g/mol. The second-order valence-electron chi connectivity index (χ2n) is 6.98. The number of anilines is 1. The molecule has 2 heterocycles. The summed E-state index contributed by atoms with van der Waals surface area (Å²) < 4.78 is 5.86. The molecule has 1 amide bonds. The largest absolute Gasteiger partial charge is 0.481 e.